The highest BCUT2D eigenvalue weighted by molar-refractivity contribution is 9.10. The molecule has 0 aliphatic rings. The molecule has 6 heteroatoms. The molecule has 0 saturated carbocycles. The fourth-order valence-electron chi connectivity index (χ4n) is 1.76. The van der Waals surface area contributed by atoms with E-state index in [-0.39, 0.29) is 0 Å². The first-order valence-electron chi connectivity index (χ1n) is 5.37. The van der Waals surface area contributed by atoms with Crippen molar-refractivity contribution >= 4 is 43.3 Å². The van der Waals surface area contributed by atoms with Crippen LogP contribution in [0, 0.1) is 0 Å². The molecule has 0 radical (unpaired) electrons. The Kier molecular flexibility index (Phi) is 3.21. The predicted octanol–water partition coefficient (Wildman–Crippen LogP) is 3.46. The van der Waals surface area contributed by atoms with Crippen LogP contribution >= 0.6 is 27.3 Å². The number of aromatic nitrogens is 3. The van der Waals surface area contributed by atoms with Crippen LogP contribution in [0.2, 0.25) is 0 Å². The highest BCUT2D eigenvalue weighted by Gasteiger charge is 2.05. The largest absolute Gasteiger partial charge is 0.356 e. The summed E-state index contributed by atoms with van der Waals surface area (Å²) in [6, 6.07) is 8.10. The summed E-state index contributed by atoms with van der Waals surface area (Å²) in [6.45, 7) is 0.690. The summed E-state index contributed by atoms with van der Waals surface area (Å²) in [7, 11) is 0. The van der Waals surface area contributed by atoms with Gasteiger partial charge in [0.05, 0.1) is 5.52 Å². The van der Waals surface area contributed by atoms with E-state index >= 15 is 0 Å². The molecule has 2 heterocycles. The fourth-order valence-corrected chi connectivity index (χ4v) is 2.66. The van der Waals surface area contributed by atoms with Gasteiger partial charge in [0.25, 0.3) is 0 Å². The molecule has 1 aromatic carbocycles. The quantitative estimate of drug-likeness (QED) is 0.803. The molecular formula is C12H9BrN4S. The van der Waals surface area contributed by atoms with Crippen molar-refractivity contribution in [1.82, 2.24) is 15.2 Å². The van der Waals surface area contributed by atoms with Crippen LogP contribution in [-0.4, -0.2) is 15.2 Å². The lowest BCUT2D eigenvalue weighted by Gasteiger charge is -2.07. The van der Waals surface area contributed by atoms with Crippen molar-refractivity contribution in [2.45, 2.75) is 6.54 Å². The van der Waals surface area contributed by atoms with Crippen molar-refractivity contribution in [2.75, 3.05) is 5.32 Å². The van der Waals surface area contributed by atoms with E-state index in [9.17, 15) is 0 Å². The van der Waals surface area contributed by atoms with Gasteiger partial charge in [-0.2, -0.15) is 0 Å². The van der Waals surface area contributed by atoms with Crippen molar-refractivity contribution < 1.29 is 0 Å². The van der Waals surface area contributed by atoms with Crippen molar-refractivity contribution in [2.24, 2.45) is 0 Å². The summed E-state index contributed by atoms with van der Waals surface area (Å²) in [6.07, 6.45) is 1.81. The van der Waals surface area contributed by atoms with Crippen molar-refractivity contribution in [3.63, 3.8) is 0 Å². The Balaban J connectivity index is 1.94. The maximum absolute atomic E-state index is 4.44. The summed E-state index contributed by atoms with van der Waals surface area (Å²) in [5.41, 5.74) is 3.85. The van der Waals surface area contributed by atoms with Gasteiger partial charge in [-0.1, -0.05) is 39.4 Å². The molecule has 1 N–H and O–H groups in total. The van der Waals surface area contributed by atoms with E-state index in [1.54, 1.807) is 5.51 Å². The summed E-state index contributed by atoms with van der Waals surface area (Å²) >= 11 is 5.03. The third-order valence-corrected chi connectivity index (χ3v) is 3.93. The average Bonchev–Trinajstić information content (AvgIpc) is 2.92. The molecule has 0 saturated heterocycles. The van der Waals surface area contributed by atoms with Gasteiger partial charge in [0.1, 0.15) is 5.51 Å². The average molecular weight is 321 g/mol. The minimum Gasteiger partial charge on any atom is -0.356 e. The smallest absolute Gasteiger partial charge is 0.205 e. The molecule has 3 rings (SSSR count). The first kappa shape index (κ1) is 11.6. The summed E-state index contributed by atoms with van der Waals surface area (Å²) in [4.78, 5) is 4.44. The number of anilines is 1. The second-order valence-electron chi connectivity index (χ2n) is 3.70. The Morgan fingerprint density at radius 3 is 3.06 bits per heavy atom. The monoisotopic (exact) mass is 320 g/mol. The summed E-state index contributed by atoms with van der Waals surface area (Å²) in [5, 5.41) is 12.9. The van der Waals surface area contributed by atoms with Gasteiger partial charge in [-0.15, -0.1) is 10.2 Å². The molecular weight excluding hydrogens is 312 g/mol. The van der Waals surface area contributed by atoms with Gasteiger partial charge in [-0.3, -0.25) is 4.98 Å². The third kappa shape index (κ3) is 2.21. The van der Waals surface area contributed by atoms with Crippen molar-refractivity contribution in [3.05, 3.63) is 46.0 Å². The van der Waals surface area contributed by atoms with Gasteiger partial charge in [0.2, 0.25) is 5.13 Å². The van der Waals surface area contributed by atoms with E-state index in [1.807, 2.05) is 18.3 Å². The molecule has 0 unspecified atom stereocenters. The highest BCUT2D eigenvalue weighted by Crippen LogP contribution is 2.25. The maximum atomic E-state index is 4.44. The van der Waals surface area contributed by atoms with Gasteiger partial charge < -0.3 is 5.32 Å². The second-order valence-corrected chi connectivity index (χ2v) is 5.39. The second kappa shape index (κ2) is 4.99. The molecule has 0 aliphatic heterocycles. The zero-order valence-electron chi connectivity index (χ0n) is 9.30. The Labute approximate surface area is 116 Å². The zero-order valence-corrected chi connectivity index (χ0v) is 11.7. The van der Waals surface area contributed by atoms with E-state index in [2.05, 4.69) is 48.6 Å². The number of halogens is 1. The third-order valence-electron chi connectivity index (χ3n) is 2.59. The lowest BCUT2D eigenvalue weighted by molar-refractivity contribution is 1.05. The Morgan fingerprint density at radius 1 is 1.28 bits per heavy atom. The number of pyridine rings is 1. The standard InChI is InChI=1S/C12H9BrN4S/c13-10-4-3-8(6-15-12-17-16-7-18-12)11-9(10)2-1-5-14-11/h1-5,7H,6H2,(H,15,17). The number of fused-ring (bicyclic) bond motifs is 1. The number of hydrogen-bond acceptors (Lipinski definition) is 5. The Morgan fingerprint density at radius 2 is 2.22 bits per heavy atom. The highest BCUT2D eigenvalue weighted by atomic mass is 79.9. The van der Waals surface area contributed by atoms with Crippen LogP contribution in [0.25, 0.3) is 10.9 Å². The zero-order chi connectivity index (χ0) is 12.4. The van der Waals surface area contributed by atoms with Gasteiger partial charge in [-0.05, 0) is 17.7 Å². The van der Waals surface area contributed by atoms with E-state index < -0.39 is 0 Å². The predicted molar refractivity (Wildman–Crippen MR) is 76.7 cm³/mol. The molecule has 0 atom stereocenters. The van der Waals surface area contributed by atoms with Crippen LogP contribution in [0.1, 0.15) is 5.56 Å². The minimum atomic E-state index is 0.690. The number of benzene rings is 1. The molecule has 90 valence electrons. The van der Waals surface area contributed by atoms with Crippen LogP contribution in [0.4, 0.5) is 5.13 Å². The molecule has 0 spiro atoms. The molecule has 4 nitrogen and oxygen atoms in total. The molecule has 0 aliphatic carbocycles. The summed E-state index contributed by atoms with van der Waals surface area (Å²) < 4.78 is 1.06. The van der Waals surface area contributed by atoms with Crippen LogP contribution in [-0.2, 0) is 6.54 Å². The lowest BCUT2D eigenvalue weighted by Crippen LogP contribution is -2.00. The maximum Gasteiger partial charge on any atom is 0.205 e. The molecule has 3 aromatic rings. The number of nitrogens with zero attached hydrogens (tertiary/aromatic N) is 3. The number of hydrogen-bond donors (Lipinski definition) is 1. The van der Waals surface area contributed by atoms with Crippen molar-refractivity contribution in [1.29, 1.82) is 0 Å². The molecule has 0 amide bonds. The number of rotatable bonds is 3. The van der Waals surface area contributed by atoms with E-state index in [0.29, 0.717) is 6.54 Å². The van der Waals surface area contributed by atoms with Crippen molar-refractivity contribution in [3.8, 4) is 0 Å². The van der Waals surface area contributed by atoms with Gasteiger partial charge in [0, 0.05) is 22.6 Å². The SMILES string of the molecule is Brc1ccc(CNc2nncs2)c2ncccc12. The topological polar surface area (TPSA) is 50.7 Å². The summed E-state index contributed by atoms with van der Waals surface area (Å²) in [5.74, 6) is 0. The van der Waals surface area contributed by atoms with Gasteiger partial charge in [-0.25, -0.2) is 0 Å². The van der Waals surface area contributed by atoms with E-state index in [1.165, 1.54) is 11.3 Å². The van der Waals surface area contributed by atoms with Crippen LogP contribution in [0.5, 0.6) is 0 Å². The Bertz CT molecular complexity index is 669. The van der Waals surface area contributed by atoms with Crippen LogP contribution in [0.3, 0.4) is 0 Å². The van der Waals surface area contributed by atoms with Crippen LogP contribution in [0.15, 0.2) is 40.4 Å². The van der Waals surface area contributed by atoms with E-state index in [4.69, 9.17) is 0 Å². The van der Waals surface area contributed by atoms with Gasteiger partial charge in [0.15, 0.2) is 0 Å². The van der Waals surface area contributed by atoms with Gasteiger partial charge >= 0.3 is 0 Å². The Hall–Kier alpha value is -1.53. The van der Waals surface area contributed by atoms with E-state index in [0.717, 1.165) is 26.1 Å². The first-order valence-corrected chi connectivity index (χ1v) is 7.04. The number of nitrogens with one attached hydrogen (secondary N) is 1. The molecule has 2 aromatic heterocycles. The fraction of sp³-hybridized carbons (Fsp3) is 0.0833. The normalized spacial score (nSPS) is 10.7. The van der Waals surface area contributed by atoms with Crippen LogP contribution < -0.4 is 5.32 Å². The minimum absolute atomic E-state index is 0.690. The molecule has 0 bridgehead atoms. The molecule has 18 heavy (non-hydrogen) atoms. The molecule has 0 fully saturated rings. The lowest BCUT2D eigenvalue weighted by atomic mass is 10.1. The first-order chi connectivity index (χ1) is 8.84.